The third-order valence-electron chi connectivity index (χ3n) is 1.57. The van der Waals surface area contributed by atoms with Gasteiger partial charge in [0.1, 0.15) is 0 Å². The molecule has 0 radical (unpaired) electrons. The first kappa shape index (κ1) is 8.95. The standard InChI is InChI=1S/C6H12S.Li.H/c7-6-4-2-1-3-5-6;;/h6-7H,1-5H2;;/q;+1;-1. The van der Waals surface area contributed by atoms with Crippen LogP contribution in [0.3, 0.4) is 0 Å². The molecule has 2 heteroatoms. The van der Waals surface area contributed by atoms with Gasteiger partial charge in [0, 0.05) is 5.25 Å². The average Bonchev–Trinajstić information content (AvgIpc) is 1.69. The van der Waals surface area contributed by atoms with E-state index in [1.54, 1.807) is 0 Å². The van der Waals surface area contributed by atoms with E-state index in [4.69, 9.17) is 0 Å². The zero-order valence-electron chi connectivity index (χ0n) is 6.56. The van der Waals surface area contributed by atoms with Gasteiger partial charge in [-0.3, -0.25) is 0 Å². The first-order valence-corrected chi connectivity index (χ1v) is 3.59. The van der Waals surface area contributed by atoms with Gasteiger partial charge in [-0.2, -0.15) is 12.6 Å². The zero-order chi connectivity index (χ0) is 5.11. The molecule has 1 rings (SSSR count). The summed E-state index contributed by atoms with van der Waals surface area (Å²) in [5, 5.41) is 0.730. The maximum atomic E-state index is 4.36. The quantitative estimate of drug-likeness (QED) is 0.322. The molecule has 0 aromatic heterocycles. The summed E-state index contributed by atoms with van der Waals surface area (Å²) in [4.78, 5) is 0. The molecule has 0 nitrogen and oxygen atoms in total. The molecular formula is C6H13LiS. The Morgan fingerprint density at radius 2 is 1.62 bits per heavy atom. The molecule has 0 saturated heterocycles. The van der Waals surface area contributed by atoms with Crippen LogP contribution in [0.1, 0.15) is 33.5 Å². The second kappa shape index (κ2) is 4.79. The summed E-state index contributed by atoms with van der Waals surface area (Å²) in [5.41, 5.74) is 0. The zero-order valence-corrected chi connectivity index (χ0v) is 6.45. The van der Waals surface area contributed by atoms with Gasteiger partial charge in [-0.1, -0.05) is 19.3 Å². The molecule has 44 valence electrons. The molecule has 0 heterocycles. The molecule has 1 aliphatic rings. The van der Waals surface area contributed by atoms with E-state index in [2.05, 4.69) is 12.6 Å². The van der Waals surface area contributed by atoms with Crippen LogP contribution in [-0.4, -0.2) is 5.25 Å². The van der Waals surface area contributed by atoms with Crippen molar-refractivity contribution in [3.63, 3.8) is 0 Å². The molecule has 1 saturated carbocycles. The molecule has 0 aromatic rings. The summed E-state index contributed by atoms with van der Waals surface area (Å²) in [6, 6.07) is 0. The Bertz CT molecular complexity index is 55.0. The van der Waals surface area contributed by atoms with Crippen molar-refractivity contribution in [2.45, 2.75) is 37.4 Å². The Labute approximate surface area is 70.5 Å². The molecule has 0 bridgehead atoms. The minimum Gasteiger partial charge on any atom is -1.00 e. The topological polar surface area (TPSA) is 0 Å². The minimum atomic E-state index is 0. The number of rotatable bonds is 0. The third-order valence-corrected chi connectivity index (χ3v) is 2.09. The van der Waals surface area contributed by atoms with Gasteiger partial charge in [0.2, 0.25) is 0 Å². The van der Waals surface area contributed by atoms with E-state index in [1.807, 2.05) is 0 Å². The van der Waals surface area contributed by atoms with Crippen LogP contribution >= 0.6 is 12.6 Å². The van der Waals surface area contributed by atoms with Crippen molar-refractivity contribution in [2.75, 3.05) is 0 Å². The number of hydrogen-bond acceptors (Lipinski definition) is 1. The van der Waals surface area contributed by atoms with Gasteiger partial charge in [-0.25, -0.2) is 0 Å². The second-order valence-corrected chi connectivity index (χ2v) is 3.02. The first-order chi connectivity index (χ1) is 3.39. The van der Waals surface area contributed by atoms with E-state index in [9.17, 15) is 0 Å². The molecule has 8 heavy (non-hydrogen) atoms. The van der Waals surface area contributed by atoms with E-state index < -0.39 is 0 Å². The monoisotopic (exact) mass is 124 g/mol. The normalized spacial score (nSPS) is 22.1. The summed E-state index contributed by atoms with van der Waals surface area (Å²) in [5.74, 6) is 0. The van der Waals surface area contributed by atoms with Crippen molar-refractivity contribution >= 4 is 12.6 Å². The second-order valence-electron chi connectivity index (χ2n) is 2.29. The Kier molecular flexibility index (Phi) is 5.36. The number of thiol groups is 1. The van der Waals surface area contributed by atoms with Crippen molar-refractivity contribution in [1.82, 2.24) is 0 Å². The van der Waals surface area contributed by atoms with Crippen LogP contribution in [-0.2, 0) is 0 Å². The smallest absolute Gasteiger partial charge is 1.00 e. The van der Waals surface area contributed by atoms with E-state index in [0.29, 0.717) is 0 Å². The maximum Gasteiger partial charge on any atom is 1.00 e. The van der Waals surface area contributed by atoms with E-state index in [1.165, 1.54) is 32.1 Å². The van der Waals surface area contributed by atoms with Crippen LogP contribution in [0.4, 0.5) is 0 Å². The summed E-state index contributed by atoms with van der Waals surface area (Å²) < 4.78 is 0. The van der Waals surface area contributed by atoms with Gasteiger partial charge in [-0.05, 0) is 12.8 Å². The van der Waals surface area contributed by atoms with Crippen LogP contribution < -0.4 is 18.9 Å². The minimum absolute atomic E-state index is 0. The fourth-order valence-electron chi connectivity index (χ4n) is 1.08. The predicted octanol–water partition coefficient (Wildman–Crippen LogP) is -0.635. The van der Waals surface area contributed by atoms with Gasteiger partial charge >= 0.3 is 18.9 Å². The Balaban J connectivity index is 0. The van der Waals surface area contributed by atoms with E-state index >= 15 is 0 Å². The fourth-order valence-corrected chi connectivity index (χ4v) is 1.45. The Hall–Kier alpha value is 0.947. The van der Waals surface area contributed by atoms with Gasteiger partial charge in [0.25, 0.3) is 0 Å². The summed E-state index contributed by atoms with van der Waals surface area (Å²) in [6.07, 6.45) is 6.96. The summed E-state index contributed by atoms with van der Waals surface area (Å²) in [7, 11) is 0. The van der Waals surface area contributed by atoms with Crippen LogP contribution in [0.2, 0.25) is 0 Å². The molecule has 0 N–H and O–H groups in total. The summed E-state index contributed by atoms with van der Waals surface area (Å²) in [6.45, 7) is 0. The molecule has 0 atom stereocenters. The van der Waals surface area contributed by atoms with Crippen LogP contribution in [0.5, 0.6) is 0 Å². The van der Waals surface area contributed by atoms with Crippen LogP contribution in [0, 0.1) is 0 Å². The Morgan fingerprint density at radius 3 is 1.88 bits per heavy atom. The van der Waals surface area contributed by atoms with E-state index in [-0.39, 0.29) is 20.3 Å². The van der Waals surface area contributed by atoms with Gasteiger partial charge in [0.05, 0.1) is 0 Å². The molecular weight excluding hydrogens is 111 g/mol. The molecule has 0 amide bonds. The average molecular weight is 124 g/mol. The van der Waals surface area contributed by atoms with Crippen molar-refractivity contribution in [2.24, 2.45) is 0 Å². The maximum absolute atomic E-state index is 4.36. The summed E-state index contributed by atoms with van der Waals surface area (Å²) >= 11 is 4.36. The van der Waals surface area contributed by atoms with Crippen molar-refractivity contribution in [1.29, 1.82) is 0 Å². The third kappa shape index (κ3) is 3.07. The number of hydrogen-bond donors (Lipinski definition) is 1. The van der Waals surface area contributed by atoms with Crippen molar-refractivity contribution < 1.29 is 20.3 Å². The van der Waals surface area contributed by atoms with E-state index in [0.717, 1.165) is 5.25 Å². The van der Waals surface area contributed by atoms with Crippen LogP contribution in [0.25, 0.3) is 0 Å². The molecule has 0 spiro atoms. The predicted molar refractivity (Wildman–Crippen MR) is 37.0 cm³/mol. The van der Waals surface area contributed by atoms with Gasteiger partial charge < -0.3 is 1.43 Å². The molecule has 1 aliphatic carbocycles. The molecule has 0 aromatic carbocycles. The first-order valence-electron chi connectivity index (χ1n) is 3.07. The van der Waals surface area contributed by atoms with Gasteiger partial charge in [0.15, 0.2) is 0 Å². The van der Waals surface area contributed by atoms with Gasteiger partial charge in [-0.15, -0.1) is 0 Å². The fraction of sp³-hybridized carbons (Fsp3) is 1.00. The SMILES string of the molecule is SC1CCCCC1.[H-].[Li+]. The molecule has 1 fully saturated rings. The van der Waals surface area contributed by atoms with Crippen molar-refractivity contribution in [3.8, 4) is 0 Å². The molecule has 0 unspecified atom stereocenters. The largest absolute Gasteiger partial charge is 1.00 e. The van der Waals surface area contributed by atoms with Crippen LogP contribution in [0.15, 0.2) is 0 Å². The Morgan fingerprint density at radius 1 is 1.12 bits per heavy atom. The molecule has 0 aliphatic heterocycles. The van der Waals surface area contributed by atoms with Crippen molar-refractivity contribution in [3.05, 3.63) is 0 Å².